The maximum absolute atomic E-state index is 11.2. The average Bonchev–Trinajstić information content (AvgIpc) is 3.41. The number of benzene rings is 3. The largest absolute Gasteiger partial charge is 0.493 e. The van der Waals surface area contributed by atoms with Crippen LogP contribution in [0.5, 0.6) is 5.88 Å². The Hall–Kier alpha value is -3.96. The van der Waals surface area contributed by atoms with E-state index in [4.69, 9.17) is 9.97 Å². The number of fused-ring (bicyclic) bond motifs is 2. The first-order valence-corrected chi connectivity index (χ1v) is 11.7. The zero-order valence-electron chi connectivity index (χ0n) is 17.8. The van der Waals surface area contributed by atoms with Crippen molar-refractivity contribution in [2.45, 2.75) is 12.8 Å². The summed E-state index contributed by atoms with van der Waals surface area (Å²) in [7, 11) is 0. The summed E-state index contributed by atoms with van der Waals surface area (Å²) < 4.78 is 3.03. The van der Waals surface area contributed by atoms with Gasteiger partial charge in [0.25, 0.3) is 0 Å². The molecule has 6 rings (SSSR count). The maximum Gasteiger partial charge on any atom is 0.219 e. The van der Waals surface area contributed by atoms with Gasteiger partial charge in [0.15, 0.2) is 5.65 Å². The molecule has 5 heteroatoms. The van der Waals surface area contributed by atoms with E-state index in [1.54, 1.807) is 15.7 Å². The standard InChI is InChI=1S/C28H21N3OS/c32-28-24(17-22-16-21-13-7-8-14-26(21)33-22)30-27-23(15-19-9-3-1-4-10-19)29-25(18-31(27)28)20-11-5-2-6-12-20/h1-14,16,18,32H,15,17H2. The molecule has 0 aliphatic rings. The molecule has 33 heavy (non-hydrogen) atoms. The van der Waals surface area contributed by atoms with Gasteiger partial charge in [0.05, 0.1) is 11.4 Å². The lowest BCUT2D eigenvalue weighted by Crippen LogP contribution is -2.00. The Morgan fingerprint density at radius 3 is 2.27 bits per heavy atom. The van der Waals surface area contributed by atoms with E-state index in [0.29, 0.717) is 24.2 Å². The van der Waals surface area contributed by atoms with Crippen molar-refractivity contribution in [2.24, 2.45) is 0 Å². The third kappa shape index (κ3) is 3.77. The van der Waals surface area contributed by atoms with E-state index in [9.17, 15) is 5.11 Å². The SMILES string of the molecule is Oc1c(Cc2cc3ccccc3s2)nc2c(Cc3ccccc3)nc(-c3ccccc3)cn12. The Bertz CT molecular complexity index is 1540. The van der Waals surface area contributed by atoms with Crippen LogP contribution in [0.1, 0.15) is 21.8 Å². The van der Waals surface area contributed by atoms with E-state index >= 15 is 0 Å². The third-order valence-corrected chi connectivity index (χ3v) is 6.94. The zero-order valence-corrected chi connectivity index (χ0v) is 18.7. The first kappa shape index (κ1) is 19.7. The number of aromatic hydroxyl groups is 1. The molecule has 0 unspecified atom stereocenters. The number of thiophene rings is 1. The summed E-state index contributed by atoms with van der Waals surface area (Å²) in [5.74, 6) is 0.177. The fraction of sp³-hybridized carbons (Fsp3) is 0.0714. The lowest BCUT2D eigenvalue weighted by atomic mass is 10.1. The predicted molar refractivity (Wildman–Crippen MR) is 134 cm³/mol. The van der Waals surface area contributed by atoms with E-state index < -0.39 is 0 Å². The van der Waals surface area contributed by atoms with Gasteiger partial charge in [0.1, 0.15) is 5.69 Å². The predicted octanol–water partition coefficient (Wildman–Crippen LogP) is 6.50. The van der Waals surface area contributed by atoms with Crippen molar-refractivity contribution < 1.29 is 5.11 Å². The summed E-state index contributed by atoms with van der Waals surface area (Å²) in [5, 5.41) is 12.4. The summed E-state index contributed by atoms with van der Waals surface area (Å²) in [4.78, 5) is 11.0. The molecule has 0 atom stereocenters. The van der Waals surface area contributed by atoms with Crippen molar-refractivity contribution in [3.63, 3.8) is 0 Å². The molecule has 4 nitrogen and oxygen atoms in total. The topological polar surface area (TPSA) is 50.4 Å². The van der Waals surface area contributed by atoms with E-state index in [0.717, 1.165) is 22.5 Å². The number of nitrogens with zero attached hydrogens (tertiary/aromatic N) is 3. The van der Waals surface area contributed by atoms with E-state index in [-0.39, 0.29) is 5.88 Å². The number of aromatic nitrogens is 3. The van der Waals surface area contributed by atoms with Crippen LogP contribution >= 0.6 is 11.3 Å². The Labute approximate surface area is 195 Å². The molecule has 0 saturated carbocycles. The minimum absolute atomic E-state index is 0.177. The quantitative estimate of drug-likeness (QED) is 0.328. The van der Waals surface area contributed by atoms with Gasteiger partial charge < -0.3 is 5.11 Å². The fourth-order valence-corrected chi connectivity index (χ4v) is 5.28. The van der Waals surface area contributed by atoms with Crippen molar-refractivity contribution in [2.75, 3.05) is 0 Å². The number of hydrogen-bond acceptors (Lipinski definition) is 4. The molecule has 1 N–H and O–H groups in total. The van der Waals surface area contributed by atoms with E-state index in [1.165, 1.54) is 15.0 Å². The van der Waals surface area contributed by atoms with Gasteiger partial charge in [0.2, 0.25) is 5.88 Å². The molecule has 3 aromatic carbocycles. The molecule has 0 fully saturated rings. The van der Waals surface area contributed by atoms with Crippen LogP contribution in [-0.2, 0) is 12.8 Å². The Kier molecular flexibility index (Phi) is 4.89. The van der Waals surface area contributed by atoms with Crippen LogP contribution in [0.15, 0.2) is 97.2 Å². The van der Waals surface area contributed by atoms with Gasteiger partial charge in [-0.05, 0) is 23.1 Å². The summed E-state index contributed by atoms with van der Waals surface area (Å²) in [6.45, 7) is 0. The van der Waals surface area contributed by atoms with Crippen molar-refractivity contribution >= 4 is 27.1 Å². The first-order chi connectivity index (χ1) is 16.2. The van der Waals surface area contributed by atoms with Crippen LogP contribution in [-0.4, -0.2) is 19.5 Å². The second kappa shape index (κ2) is 8.19. The van der Waals surface area contributed by atoms with Crippen LogP contribution in [0.2, 0.25) is 0 Å². The van der Waals surface area contributed by atoms with E-state index in [1.807, 2.05) is 60.8 Å². The van der Waals surface area contributed by atoms with Crippen LogP contribution in [0.4, 0.5) is 0 Å². The highest BCUT2D eigenvalue weighted by molar-refractivity contribution is 7.19. The summed E-state index contributed by atoms with van der Waals surface area (Å²) in [5.41, 5.74) is 5.20. The molecular weight excluding hydrogens is 426 g/mol. The molecule has 0 radical (unpaired) electrons. The van der Waals surface area contributed by atoms with Crippen LogP contribution < -0.4 is 0 Å². The molecule has 0 amide bonds. The van der Waals surface area contributed by atoms with Crippen molar-refractivity contribution in [1.82, 2.24) is 14.4 Å². The Morgan fingerprint density at radius 1 is 0.758 bits per heavy atom. The first-order valence-electron chi connectivity index (χ1n) is 10.9. The summed E-state index contributed by atoms with van der Waals surface area (Å²) >= 11 is 1.74. The summed E-state index contributed by atoms with van der Waals surface area (Å²) in [6, 6.07) is 30.8. The molecule has 3 heterocycles. The minimum Gasteiger partial charge on any atom is -0.493 e. The van der Waals surface area contributed by atoms with E-state index in [2.05, 4.69) is 36.4 Å². The van der Waals surface area contributed by atoms with Gasteiger partial charge in [0, 0.05) is 34.2 Å². The van der Waals surface area contributed by atoms with Gasteiger partial charge in [-0.15, -0.1) is 11.3 Å². The van der Waals surface area contributed by atoms with Crippen LogP contribution in [0.3, 0.4) is 0 Å². The van der Waals surface area contributed by atoms with Gasteiger partial charge in [-0.25, -0.2) is 9.97 Å². The molecule has 160 valence electrons. The Balaban J connectivity index is 1.48. The van der Waals surface area contributed by atoms with Crippen molar-refractivity contribution in [3.05, 3.63) is 119 Å². The normalized spacial score (nSPS) is 11.4. The fourth-order valence-electron chi connectivity index (χ4n) is 4.21. The lowest BCUT2D eigenvalue weighted by molar-refractivity contribution is 0.442. The van der Waals surface area contributed by atoms with Crippen LogP contribution in [0.25, 0.3) is 27.0 Å². The highest BCUT2D eigenvalue weighted by Crippen LogP contribution is 2.31. The molecule has 0 bridgehead atoms. The molecule has 0 saturated heterocycles. The number of hydrogen-bond donors (Lipinski definition) is 1. The zero-order chi connectivity index (χ0) is 22.2. The molecular formula is C28H21N3OS. The van der Waals surface area contributed by atoms with Gasteiger partial charge >= 0.3 is 0 Å². The molecule has 3 aromatic heterocycles. The molecule has 0 aliphatic carbocycles. The van der Waals surface area contributed by atoms with Gasteiger partial charge in [-0.2, -0.15) is 0 Å². The van der Waals surface area contributed by atoms with Crippen molar-refractivity contribution in [3.8, 4) is 17.1 Å². The average molecular weight is 448 g/mol. The van der Waals surface area contributed by atoms with Crippen molar-refractivity contribution in [1.29, 1.82) is 0 Å². The third-order valence-electron chi connectivity index (χ3n) is 5.82. The van der Waals surface area contributed by atoms with Gasteiger partial charge in [-0.1, -0.05) is 78.9 Å². The number of imidazole rings is 1. The highest BCUT2D eigenvalue weighted by Gasteiger charge is 2.18. The second-order valence-corrected chi connectivity index (χ2v) is 9.27. The molecule has 0 aliphatic heterocycles. The smallest absolute Gasteiger partial charge is 0.219 e. The number of rotatable bonds is 5. The minimum atomic E-state index is 0.177. The van der Waals surface area contributed by atoms with Gasteiger partial charge in [-0.3, -0.25) is 4.40 Å². The maximum atomic E-state index is 11.2. The van der Waals surface area contributed by atoms with Crippen LogP contribution in [0, 0.1) is 0 Å². The Morgan fingerprint density at radius 2 is 1.48 bits per heavy atom. The monoisotopic (exact) mass is 447 g/mol. The highest BCUT2D eigenvalue weighted by atomic mass is 32.1. The summed E-state index contributed by atoms with van der Waals surface area (Å²) in [6.07, 6.45) is 3.11. The molecule has 6 aromatic rings. The lowest BCUT2D eigenvalue weighted by Gasteiger charge is -2.08. The molecule has 0 spiro atoms. The second-order valence-electron chi connectivity index (χ2n) is 8.10.